The molecule has 0 fully saturated rings. The van der Waals surface area contributed by atoms with Gasteiger partial charge in [-0.25, -0.2) is 4.79 Å². The first-order chi connectivity index (χ1) is 12.0. The number of H-pyrrole nitrogens is 1. The van der Waals surface area contributed by atoms with Crippen LogP contribution in [0.2, 0.25) is 0 Å². The van der Waals surface area contributed by atoms with Crippen LogP contribution in [0.3, 0.4) is 0 Å². The second-order valence-electron chi connectivity index (χ2n) is 5.08. The fourth-order valence-corrected chi connectivity index (χ4v) is 3.39. The average Bonchev–Trinajstić information content (AvgIpc) is 2.95. The summed E-state index contributed by atoms with van der Waals surface area (Å²) in [6, 6.07) is 3.62. The largest absolute Gasteiger partial charge is 0.493 e. The highest BCUT2D eigenvalue weighted by atomic mass is 79.9. The normalized spacial score (nSPS) is 10.5. The minimum atomic E-state index is -0.476. The molecule has 1 heterocycles. The van der Waals surface area contributed by atoms with Crippen LogP contribution >= 0.6 is 15.9 Å². The molecule has 2 rings (SSSR count). The van der Waals surface area contributed by atoms with Crippen LogP contribution in [0.4, 0.5) is 0 Å². The molecule has 0 amide bonds. The third kappa shape index (κ3) is 3.45. The van der Waals surface area contributed by atoms with Crippen molar-refractivity contribution in [3.63, 3.8) is 0 Å². The van der Waals surface area contributed by atoms with Crippen molar-refractivity contribution in [2.24, 2.45) is 5.73 Å². The van der Waals surface area contributed by atoms with Crippen LogP contribution in [0.1, 0.15) is 16.2 Å². The third-order valence-corrected chi connectivity index (χ3v) is 4.57. The van der Waals surface area contributed by atoms with Gasteiger partial charge in [0, 0.05) is 23.2 Å². The molecule has 136 valence electrons. The lowest BCUT2D eigenvalue weighted by Gasteiger charge is -2.16. The molecule has 1 aromatic heterocycles. The van der Waals surface area contributed by atoms with Crippen LogP contribution in [-0.2, 0) is 11.2 Å². The first-order valence-corrected chi connectivity index (χ1v) is 8.31. The number of rotatable bonds is 7. The molecule has 0 saturated carbocycles. The predicted octanol–water partition coefficient (Wildman–Crippen LogP) is 2.76. The van der Waals surface area contributed by atoms with E-state index in [1.54, 1.807) is 20.3 Å². The average molecular weight is 413 g/mol. The Kier molecular flexibility index (Phi) is 6.33. The first kappa shape index (κ1) is 19.1. The molecule has 0 aliphatic heterocycles. The molecule has 0 aliphatic rings. The summed E-state index contributed by atoms with van der Waals surface area (Å²) in [6.45, 7) is 0.413. The van der Waals surface area contributed by atoms with E-state index in [2.05, 4.69) is 20.9 Å². The molecule has 0 spiro atoms. The van der Waals surface area contributed by atoms with Crippen molar-refractivity contribution >= 4 is 21.9 Å². The van der Waals surface area contributed by atoms with Crippen LogP contribution in [0, 0.1) is 0 Å². The van der Waals surface area contributed by atoms with Gasteiger partial charge in [-0.15, -0.1) is 0 Å². The van der Waals surface area contributed by atoms with Crippen molar-refractivity contribution in [2.45, 2.75) is 6.42 Å². The first-order valence-electron chi connectivity index (χ1n) is 7.52. The van der Waals surface area contributed by atoms with Gasteiger partial charge < -0.3 is 29.7 Å². The fourth-order valence-electron chi connectivity index (χ4n) is 2.68. The van der Waals surface area contributed by atoms with Crippen molar-refractivity contribution in [3.8, 4) is 28.4 Å². The zero-order valence-corrected chi connectivity index (χ0v) is 16.2. The summed E-state index contributed by atoms with van der Waals surface area (Å²) in [7, 11) is 5.97. The third-order valence-electron chi connectivity index (χ3n) is 3.77. The molecular weight excluding hydrogens is 392 g/mol. The van der Waals surface area contributed by atoms with Gasteiger partial charge in [0.25, 0.3) is 0 Å². The highest BCUT2D eigenvalue weighted by Crippen LogP contribution is 2.47. The minimum Gasteiger partial charge on any atom is -0.493 e. The molecule has 0 aliphatic carbocycles. The molecule has 1 aromatic carbocycles. The summed E-state index contributed by atoms with van der Waals surface area (Å²) in [6.07, 6.45) is 0.544. The van der Waals surface area contributed by atoms with Crippen LogP contribution < -0.4 is 19.9 Å². The topological polar surface area (TPSA) is 95.8 Å². The zero-order valence-electron chi connectivity index (χ0n) is 14.6. The molecular formula is C17H21BrN2O5. The van der Waals surface area contributed by atoms with Gasteiger partial charge >= 0.3 is 5.97 Å². The Labute approximate surface area is 154 Å². The van der Waals surface area contributed by atoms with Gasteiger partial charge in [-0.3, -0.25) is 0 Å². The molecule has 25 heavy (non-hydrogen) atoms. The molecule has 2 aromatic rings. The van der Waals surface area contributed by atoms with Gasteiger partial charge in [0.15, 0.2) is 11.5 Å². The molecule has 0 unspecified atom stereocenters. The molecule has 0 saturated heterocycles. The number of aromatic nitrogens is 1. The van der Waals surface area contributed by atoms with E-state index in [1.807, 2.05) is 6.07 Å². The Balaban J connectivity index is 2.77. The number of ether oxygens (including phenoxy) is 4. The fraction of sp³-hybridized carbons (Fsp3) is 0.353. The number of hydrogen-bond acceptors (Lipinski definition) is 6. The van der Waals surface area contributed by atoms with Gasteiger partial charge in [-0.2, -0.15) is 0 Å². The number of benzene rings is 1. The van der Waals surface area contributed by atoms with E-state index < -0.39 is 5.97 Å². The second-order valence-corrected chi connectivity index (χ2v) is 5.87. The van der Waals surface area contributed by atoms with Crippen LogP contribution in [0.15, 0.2) is 16.6 Å². The van der Waals surface area contributed by atoms with Crippen molar-refractivity contribution in [3.05, 3.63) is 28.0 Å². The number of esters is 1. The predicted molar refractivity (Wildman–Crippen MR) is 97.7 cm³/mol. The quantitative estimate of drug-likeness (QED) is 0.678. The molecule has 7 nitrogen and oxygen atoms in total. The van der Waals surface area contributed by atoms with E-state index >= 15 is 0 Å². The number of nitrogens with two attached hydrogens (primary N) is 1. The van der Waals surface area contributed by atoms with Crippen molar-refractivity contribution in [1.82, 2.24) is 4.98 Å². The molecule has 0 radical (unpaired) electrons. The number of nitrogens with one attached hydrogen (secondary N) is 1. The minimum absolute atomic E-state index is 0.317. The second kappa shape index (κ2) is 8.26. The van der Waals surface area contributed by atoms with E-state index in [0.717, 1.165) is 16.8 Å². The highest BCUT2D eigenvalue weighted by Gasteiger charge is 2.26. The summed E-state index contributed by atoms with van der Waals surface area (Å²) in [5.41, 5.74) is 8.33. The standard InChI is InChI=1S/C17H21BrN2O5/c1-22-11-6-5-9(15(23-2)16(11)24-3)12-10(7-8-19)20-14(13(12)18)17(21)25-4/h5-6,20H,7-8,19H2,1-4H3. The number of methoxy groups -OCH3 is 4. The van der Waals surface area contributed by atoms with Crippen molar-refractivity contribution in [1.29, 1.82) is 0 Å². The van der Waals surface area contributed by atoms with Crippen molar-refractivity contribution in [2.75, 3.05) is 35.0 Å². The van der Waals surface area contributed by atoms with Crippen LogP contribution in [0.5, 0.6) is 17.2 Å². The number of hydrogen-bond donors (Lipinski definition) is 2. The monoisotopic (exact) mass is 412 g/mol. The van der Waals surface area contributed by atoms with E-state index in [-0.39, 0.29) is 0 Å². The van der Waals surface area contributed by atoms with Gasteiger partial charge in [-0.1, -0.05) is 0 Å². The SMILES string of the molecule is COC(=O)c1[nH]c(CCN)c(-c2ccc(OC)c(OC)c2OC)c1Br. The van der Waals surface area contributed by atoms with Gasteiger partial charge in [0.1, 0.15) is 5.69 Å². The lowest BCUT2D eigenvalue weighted by atomic mass is 10.0. The van der Waals surface area contributed by atoms with E-state index in [1.165, 1.54) is 14.2 Å². The Hall–Kier alpha value is -2.19. The van der Waals surface area contributed by atoms with E-state index in [0.29, 0.717) is 40.4 Å². The summed E-state index contributed by atoms with van der Waals surface area (Å²) in [5.74, 6) is 1.03. The zero-order chi connectivity index (χ0) is 18.6. The Bertz CT molecular complexity index is 773. The van der Waals surface area contributed by atoms with Crippen LogP contribution in [0.25, 0.3) is 11.1 Å². The van der Waals surface area contributed by atoms with Gasteiger partial charge in [-0.05, 0) is 34.6 Å². The summed E-state index contributed by atoms with van der Waals surface area (Å²) < 4.78 is 21.7. The lowest BCUT2D eigenvalue weighted by Crippen LogP contribution is -2.06. The maximum Gasteiger partial charge on any atom is 0.355 e. The summed E-state index contributed by atoms with van der Waals surface area (Å²) in [5, 5.41) is 0. The number of carbonyl (C=O) groups is 1. The maximum absolute atomic E-state index is 12.0. The lowest BCUT2D eigenvalue weighted by molar-refractivity contribution is 0.0593. The molecule has 0 bridgehead atoms. The Morgan fingerprint density at radius 3 is 2.32 bits per heavy atom. The number of aromatic amines is 1. The maximum atomic E-state index is 12.0. The smallest absolute Gasteiger partial charge is 0.355 e. The Morgan fingerprint density at radius 1 is 1.12 bits per heavy atom. The summed E-state index contributed by atoms with van der Waals surface area (Å²) >= 11 is 3.50. The van der Waals surface area contributed by atoms with E-state index in [9.17, 15) is 4.79 Å². The number of halogens is 1. The Morgan fingerprint density at radius 2 is 1.80 bits per heavy atom. The molecule has 8 heteroatoms. The van der Waals surface area contributed by atoms with Crippen molar-refractivity contribution < 1.29 is 23.7 Å². The van der Waals surface area contributed by atoms with Gasteiger partial charge in [0.05, 0.1) is 32.9 Å². The molecule has 0 atom stereocenters. The van der Waals surface area contributed by atoms with Gasteiger partial charge in [0.2, 0.25) is 5.75 Å². The highest BCUT2D eigenvalue weighted by molar-refractivity contribution is 9.10. The van der Waals surface area contributed by atoms with Crippen LogP contribution in [-0.4, -0.2) is 45.9 Å². The molecule has 3 N–H and O–H groups in total. The van der Waals surface area contributed by atoms with E-state index in [4.69, 9.17) is 24.7 Å². The summed E-state index contributed by atoms with van der Waals surface area (Å²) in [4.78, 5) is 15.1. The number of carbonyl (C=O) groups excluding carboxylic acids is 1.